The van der Waals surface area contributed by atoms with Crippen molar-refractivity contribution in [1.29, 1.82) is 0 Å². The van der Waals surface area contributed by atoms with Gasteiger partial charge in [-0.15, -0.1) is 11.3 Å². The van der Waals surface area contributed by atoms with Crippen LogP contribution in [0.2, 0.25) is 0 Å². The predicted molar refractivity (Wildman–Crippen MR) is 130 cm³/mol. The molecule has 1 heterocycles. The van der Waals surface area contributed by atoms with Crippen LogP contribution in [0.1, 0.15) is 41.9 Å². The minimum atomic E-state index is -0.181. The molecule has 0 saturated heterocycles. The summed E-state index contributed by atoms with van der Waals surface area (Å²) in [5, 5.41) is 8.60. The number of carbonyl (C=O) groups excluding carboxylic acids is 2. The lowest BCUT2D eigenvalue weighted by Crippen LogP contribution is -2.36. The van der Waals surface area contributed by atoms with Gasteiger partial charge in [-0.05, 0) is 36.1 Å². The lowest BCUT2D eigenvalue weighted by molar-refractivity contribution is -0.121. The van der Waals surface area contributed by atoms with Crippen molar-refractivity contribution in [2.45, 2.75) is 33.7 Å². The fraction of sp³-hybridized carbons (Fsp3) is 0.320. The zero-order valence-corrected chi connectivity index (χ0v) is 19.6. The topological polar surface area (TPSA) is 74.3 Å². The van der Waals surface area contributed by atoms with Crippen LogP contribution in [0.4, 0.5) is 10.8 Å². The molecule has 1 aromatic heterocycles. The molecule has 2 N–H and O–H groups in total. The van der Waals surface area contributed by atoms with Crippen molar-refractivity contribution < 1.29 is 9.59 Å². The van der Waals surface area contributed by atoms with Crippen molar-refractivity contribution >= 4 is 34.0 Å². The maximum absolute atomic E-state index is 13.3. The lowest BCUT2D eigenvalue weighted by Gasteiger charge is -2.22. The van der Waals surface area contributed by atoms with Crippen LogP contribution < -0.4 is 10.6 Å². The first-order valence-electron chi connectivity index (χ1n) is 10.8. The monoisotopic (exact) mass is 450 g/mol. The standard InChI is InChI=1S/C25H30N4O2S/c1-18(2)15-26-23(30)12-13-29(16-20-9-5-4-6-10-20)24(31)22-17-32-25(28-22)27-21-11-7-8-19(3)14-21/h4-11,14,17-18H,12-13,15-16H2,1-3H3,(H,26,30)(H,27,28). The van der Waals surface area contributed by atoms with E-state index in [1.165, 1.54) is 11.3 Å². The second-order valence-electron chi connectivity index (χ2n) is 8.19. The van der Waals surface area contributed by atoms with E-state index in [9.17, 15) is 9.59 Å². The average Bonchev–Trinajstić information content (AvgIpc) is 3.23. The molecule has 0 aliphatic rings. The minimum Gasteiger partial charge on any atom is -0.356 e. The number of hydrogen-bond acceptors (Lipinski definition) is 5. The Morgan fingerprint density at radius 1 is 1.09 bits per heavy atom. The Morgan fingerprint density at radius 2 is 1.88 bits per heavy atom. The summed E-state index contributed by atoms with van der Waals surface area (Å²) < 4.78 is 0. The van der Waals surface area contributed by atoms with Crippen molar-refractivity contribution in [1.82, 2.24) is 15.2 Å². The fourth-order valence-corrected chi connectivity index (χ4v) is 3.84. The molecule has 6 nitrogen and oxygen atoms in total. The van der Waals surface area contributed by atoms with Crippen LogP contribution in [0.25, 0.3) is 0 Å². The second-order valence-corrected chi connectivity index (χ2v) is 9.05. The van der Waals surface area contributed by atoms with Gasteiger partial charge in [-0.25, -0.2) is 4.98 Å². The second kappa shape index (κ2) is 11.4. The zero-order chi connectivity index (χ0) is 22.9. The van der Waals surface area contributed by atoms with Gasteiger partial charge in [0, 0.05) is 37.1 Å². The highest BCUT2D eigenvalue weighted by Gasteiger charge is 2.20. The van der Waals surface area contributed by atoms with Gasteiger partial charge in [-0.2, -0.15) is 0 Å². The number of benzene rings is 2. The number of carbonyl (C=O) groups is 2. The van der Waals surface area contributed by atoms with Crippen molar-refractivity contribution in [2.75, 3.05) is 18.4 Å². The highest BCUT2D eigenvalue weighted by atomic mass is 32.1. The van der Waals surface area contributed by atoms with E-state index in [1.54, 1.807) is 10.3 Å². The molecule has 0 saturated carbocycles. The molecule has 0 atom stereocenters. The summed E-state index contributed by atoms with van der Waals surface area (Å²) in [6, 6.07) is 17.8. The van der Waals surface area contributed by atoms with E-state index in [0.29, 0.717) is 36.4 Å². The van der Waals surface area contributed by atoms with Gasteiger partial charge in [-0.3, -0.25) is 9.59 Å². The molecule has 168 valence electrons. The van der Waals surface area contributed by atoms with Gasteiger partial charge >= 0.3 is 0 Å². The molecule has 0 aliphatic carbocycles. The zero-order valence-electron chi connectivity index (χ0n) is 18.8. The smallest absolute Gasteiger partial charge is 0.273 e. The third-order valence-electron chi connectivity index (χ3n) is 4.81. The van der Waals surface area contributed by atoms with Gasteiger partial charge in [-0.1, -0.05) is 56.3 Å². The Bertz CT molecular complexity index is 1030. The number of aryl methyl sites for hydroxylation is 1. The van der Waals surface area contributed by atoms with Crippen molar-refractivity contribution in [3.8, 4) is 0 Å². The molecule has 2 aromatic carbocycles. The van der Waals surface area contributed by atoms with Crippen molar-refractivity contribution in [3.05, 3.63) is 76.8 Å². The van der Waals surface area contributed by atoms with Crippen molar-refractivity contribution in [2.24, 2.45) is 5.92 Å². The number of amides is 2. The molecule has 0 unspecified atom stereocenters. The molecule has 32 heavy (non-hydrogen) atoms. The van der Waals surface area contributed by atoms with E-state index in [4.69, 9.17) is 0 Å². The molecule has 3 rings (SSSR count). The van der Waals surface area contributed by atoms with E-state index < -0.39 is 0 Å². The summed E-state index contributed by atoms with van der Waals surface area (Å²) >= 11 is 1.39. The molecule has 0 fully saturated rings. The van der Waals surface area contributed by atoms with E-state index >= 15 is 0 Å². The summed E-state index contributed by atoms with van der Waals surface area (Å²) in [5.74, 6) is 0.152. The quantitative estimate of drug-likeness (QED) is 0.456. The Morgan fingerprint density at radius 3 is 2.59 bits per heavy atom. The number of anilines is 2. The first-order valence-corrected chi connectivity index (χ1v) is 11.7. The van der Waals surface area contributed by atoms with Crippen LogP contribution in [-0.2, 0) is 11.3 Å². The molecule has 0 radical (unpaired) electrons. The summed E-state index contributed by atoms with van der Waals surface area (Å²) in [4.78, 5) is 31.7. The third kappa shape index (κ3) is 7.20. The summed E-state index contributed by atoms with van der Waals surface area (Å²) in [5.41, 5.74) is 3.47. The van der Waals surface area contributed by atoms with Crippen LogP contribution in [0.15, 0.2) is 60.0 Å². The maximum Gasteiger partial charge on any atom is 0.273 e. The first-order chi connectivity index (χ1) is 15.4. The Labute approximate surface area is 193 Å². The third-order valence-corrected chi connectivity index (χ3v) is 5.57. The molecule has 0 aliphatic heterocycles. The minimum absolute atomic E-state index is 0.0513. The molecule has 2 amide bonds. The van der Waals surface area contributed by atoms with E-state index in [1.807, 2.05) is 61.5 Å². The van der Waals surface area contributed by atoms with Gasteiger partial charge in [0.2, 0.25) is 5.91 Å². The van der Waals surface area contributed by atoms with E-state index in [-0.39, 0.29) is 18.2 Å². The maximum atomic E-state index is 13.3. The van der Waals surface area contributed by atoms with Gasteiger partial charge in [0.1, 0.15) is 5.69 Å². The molecule has 3 aromatic rings. The fourth-order valence-electron chi connectivity index (χ4n) is 3.14. The number of hydrogen-bond donors (Lipinski definition) is 2. The first kappa shape index (κ1) is 23.5. The summed E-state index contributed by atoms with van der Waals surface area (Å²) in [7, 11) is 0. The van der Waals surface area contributed by atoms with Gasteiger partial charge in [0.25, 0.3) is 5.91 Å². The van der Waals surface area contributed by atoms with Gasteiger partial charge in [0.15, 0.2) is 5.13 Å². The SMILES string of the molecule is Cc1cccc(Nc2nc(C(=O)N(CCC(=O)NCC(C)C)Cc3ccccc3)cs2)c1. The molecular weight excluding hydrogens is 420 g/mol. The van der Waals surface area contributed by atoms with E-state index in [2.05, 4.69) is 29.5 Å². The van der Waals surface area contributed by atoms with Crippen LogP contribution in [0, 0.1) is 12.8 Å². The van der Waals surface area contributed by atoms with Crippen molar-refractivity contribution in [3.63, 3.8) is 0 Å². The predicted octanol–water partition coefficient (Wildman–Crippen LogP) is 5.00. The van der Waals surface area contributed by atoms with Crippen LogP contribution >= 0.6 is 11.3 Å². The van der Waals surface area contributed by atoms with Crippen LogP contribution in [0.3, 0.4) is 0 Å². The summed E-state index contributed by atoms with van der Waals surface area (Å²) in [6.45, 7) is 7.52. The number of thiazole rings is 1. The number of rotatable bonds is 10. The number of aromatic nitrogens is 1. The number of nitrogens with one attached hydrogen (secondary N) is 2. The summed E-state index contributed by atoms with van der Waals surface area (Å²) in [6.07, 6.45) is 0.254. The molecule has 0 spiro atoms. The Kier molecular flexibility index (Phi) is 8.39. The Hall–Kier alpha value is -3.19. The molecule has 7 heteroatoms. The van der Waals surface area contributed by atoms with Crippen LogP contribution in [-0.4, -0.2) is 34.8 Å². The Balaban J connectivity index is 1.69. The normalized spacial score (nSPS) is 10.8. The lowest BCUT2D eigenvalue weighted by atomic mass is 10.2. The largest absolute Gasteiger partial charge is 0.356 e. The molecular formula is C25H30N4O2S. The van der Waals surface area contributed by atoms with E-state index in [0.717, 1.165) is 16.8 Å². The highest BCUT2D eigenvalue weighted by molar-refractivity contribution is 7.14. The van der Waals surface area contributed by atoms with Crippen LogP contribution in [0.5, 0.6) is 0 Å². The highest BCUT2D eigenvalue weighted by Crippen LogP contribution is 2.23. The van der Waals surface area contributed by atoms with Gasteiger partial charge < -0.3 is 15.5 Å². The molecule has 0 bridgehead atoms. The number of nitrogens with zero attached hydrogens (tertiary/aromatic N) is 2. The average molecular weight is 451 g/mol. The van der Waals surface area contributed by atoms with Gasteiger partial charge in [0.05, 0.1) is 0 Å².